The molecule has 0 aromatic rings. The van der Waals surface area contributed by atoms with E-state index < -0.39 is 77.1 Å². The summed E-state index contributed by atoms with van der Waals surface area (Å²) in [5, 5.41) is 27.3. The van der Waals surface area contributed by atoms with Crippen molar-refractivity contribution in [1.29, 1.82) is 0 Å². The summed E-state index contributed by atoms with van der Waals surface area (Å²) < 4.78 is 30.6. The summed E-state index contributed by atoms with van der Waals surface area (Å²) in [5.74, 6) is -3.41. The molecule has 2 fully saturated rings. The lowest BCUT2D eigenvalue weighted by Gasteiger charge is -2.47. The minimum Gasteiger partial charge on any atom is -0.487 e. The van der Waals surface area contributed by atoms with Crippen LogP contribution in [0.5, 0.6) is 0 Å². The van der Waals surface area contributed by atoms with Crippen molar-refractivity contribution in [3.05, 3.63) is 34.6 Å². The van der Waals surface area contributed by atoms with Gasteiger partial charge >= 0.3 is 23.9 Å². The van der Waals surface area contributed by atoms with Gasteiger partial charge in [0.2, 0.25) is 5.91 Å². The molecule has 2 aliphatic carbocycles. The Balaban J connectivity index is 1.50. The molecule has 59 heavy (non-hydrogen) atoms. The number of esters is 4. The van der Waals surface area contributed by atoms with E-state index in [1.54, 1.807) is 46.8 Å². The SMILES string of the molecule is C/C=C(/C)C(=O)O[C@H]1C(C)=C2C(C1OC(=O)CCCCCCC)[C@]1(C=C(C)O1)C[C@H](OC(=O)CCCCCCCCCCCNC(=O)[C@@H](C)N)[C@@]1(O)[C@H]2OC(=O)[C@@]1(C)O. The van der Waals surface area contributed by atoms with E-state index in [0.717, 1.165) is 84.0 Å². The molecule has 332 valence electrons. The van der Waals surface area contributed by atoms with Crippen LogP contribution >= 0.6 is 0 Å². The number of amides is 1. The molecule has 4 rings (SSSR count). The van der Waals surface area contributed by atoms with E-state index in [4.69, 9.17) is 29.4 Å². The van der Waals surface area contributed by atoms with Crippen molar-refractivity contribution in [3.8, 4) is 0 Å². The van der Waals surface area contributed by atoms with Crippen molar-refractivity contribution in [2.24, 2.45) is 11.7 Å². The maximum Gasteiger partial charge on any atom is 0.341 e. The van der Waals surface area contributed by atoms with Crippen LogP contribution in [0, 0.1) is 5.92 Å². The second-order valence-electron chi connectivity index (χ2n) is 17.2. The topological polar surface area (TPSA) is 210 Å². The van der Waals surface area contributed by atoms with Gasteiger partial charge < -0.3 is 44.9 Å². The molecule has 1 spiro atoms. The van der Waals surface area contributed by atoms with Gasteiger partial charge in [-0.2, -0.15) is 0 Å². The number of nitrogens with one attached hydrogen (secondary N) is 1. The van der Waals surface area contributed by atoms with E-state index >= 15 is 0 Å². The molecule has 9 atom stereocenters. The molecule has 1 saturated carbocycles. The highest BCUT2D eigenvalue weighted by molar-refractivity contribution is 5.88. The van der Waals surface area contributed by atoms with Gasteiger partial charge in [-0.1, -0.05) is 83.6 Å². The first-order valence-corrected chi connectivity index (χ1v) is 22.0. The lowest BCUT2D eigenvalue weighted by Crippen LogP contribution is -2.64. The Morgan fingerprint density at radius 3 is 2.00 bits per heavy atom. The number of hydrogen-bond acceptors (Lipinski definition) is 13. The molecular weight excluding hydrogens is 760 g/mol. The Hall–Kier alpha value is -3.75. The van der Waals surface area contributed by atoms with E-state index in [1.807, 2.05) is 0 Å². The molecule has 1 saturated heterocycles. The summed E-state index contributed by atoms with van der Waals surface area (Å²) in [6, 6.07) is -0.502. The largest absolute Gasteiger partial charge is 0.487 e. The summed E-state index contributed by atoms with van der Waals surface area (Å²) in [7, 11) is 0. The van der Waals surface area contributed by atoms with Crippen molar-refractivity contribution < 1.29 is 57.9 Å². The Morgan fingerprint density at radius 2 is 1.46 bits per heavy atom. The Kier molecular flexibility index (Phi) is 17.2. The molecular formula is C45H70N2O12. The van der Waals surface area contributed by atoms with E-state index in [0.29, 0.717) is 36.3 Å². The molecule has 14 heteroatoms. The molecule has 14 nitrogen and oxygen atoms in total. The van der Waals surface area contributed by atoms with Gasteiger partial charge in [-0.25, -0.2) is 9.59 Å². The van der Waals surface area contributed by atoms with Gasteiger partial charge in [0.1, 0.15) is 11.7 Å². The monoisotopic (exact) mass is 830 g/mol. The third-order valence-electron chi connectivity index (χ3n) is 12.5. The summed E-state index contributed by atoms with van der Waals surface area (Å²) in [6.45, 7) is 12.2. The van der Waals surface area contributed by atoms with Gasteiger partial charge in [0.15, 0.2) is 29.5 Å². The van der Waals surface area contributed by atoms with Gasteiger partial charge in [-0.15, -0.1) is 0 Å². The average molecular weight is 831 g/mol. The van der Waals surface area contributed by atoms with E-state index in [2.05, 4.69) is 12.2 Å². The molecule has 0 bridgehead atoms. The predicted octanol–water partition coefficient (Wildman–Crippen LogP) is 5.84. The van der Waals surface area contributed by atoms with E-state index in [1.165, 1.54) is 0 Å². The first kappa shape index (κ1) is 47.9. The molecule has 2 aliphatic heterocycles. The van der Waals surface area contributed by atoms with Crippen LogP contribution in [0.25, 0.3) is 0 Å². The molecule has 0 radical (unpaired) electrons. The first-order chi connectivity index (χ1) is 27.9. The van der Waals surface area contributed by atoms with Gasteiger partial charge in [-0.05, 0) is 78.0 Å². The number of rotatable bonds is 23. The Morgan fingerprint density at radius 1 is 0.915 bits per heavy atom. The summed E-state index contributed by atoms with van der Waals surface area (Å²) in [4.78, 5) is 65.4. The standard InChI is InChI=1S/C45H70N2O12/c1-8-10-11-17-20-24-34(49)56-38-36-35(30(5)37(38)57-41(51)28(3)9-2)39-45(54,43(7,53)42(52)58-39)32(27-44(36)26-29(4)59-44)55-33(48)23-21-18-15-13-12-14-16-19-22-25-47-40(50)31(6)46/h9,26,31-32,36-39,53-54H,8,10-25,27,46H2,1-7H3,(H,47,50)/b28-9-/t31-,32+,36?,37+,38?,39+,43-,44+,45-/m1/s1. The van der Waals surface area contributed by atoms with Crippen molar-refractivity contribution in [3.63, 3.8) is 0 Å². The van der Waals surface area contributed by atoms with E-state index in [-0.39, 0.29) is 30.7 Å². The molecule has 2 heterocycles. The highest BCUT2D eigenvalue weighted by atomic mass is 16.6. The highest BCUT2D eigenvalue weighted by Gasteiger charge is 2.77. The number of fused-ring (bicyclic) bond motifs is 4. The van der Waals surface area contributed by atoms with Crippen molar-refractivity contribution in [2.75, 3.05) is 6.54 Å². The average Bonchev–Trinajstić information content (AvgIpc) is 3.49. The number of nitrogens with two attached hydrogens (primary N) is 1. The van der Waals surface area contributed by atoms with Gasteiger partial charge in [0.25, 0.3) is 0 Å². The molecule has 0 aromatic heterocycles. The van der Waals surface area contributed by atoms with Crippen LogP contribution in [0.4, 0.5) is 0 Å². The van der Waals surface area contributed by atoms with Crippen LogP contribution in [-0.4, -0.2) is 93.8 Å². The van der Waals surface area contributed by atoms with Crippen molar-refractivity contribution >= 4 is 29.8 Å². The number of allylic oxidation sites excluding steroid dienone is 2. The quantitative estimate of drug-likeness (QED) is 0.0314. The number of carbonyl (C=O) groups is 5. The highest BCUT2D eigenvalue weighted by Crippen LogP contribution is 2.60. The third kappa shape index (κ3) is 11.0. The van der Waals surface area contributed by atoms with Gasteiger partial charge in [0.05, 0.1) is 17.7 Å². The summed E-state index contributed by atoms with van der Waals surface area (Å²) >= 11 is 0. The summed E-state index contributed by atoms with van der Waals surface area (Å²) in [6.07, 6.45) is 11.0. The van der Waals surface area contributed by atoms with E-state index in [9.17, 15) is 34.2 Å². The van der Waals surface area contributed by atoms with Crippen LogP contribution in [0.1, 0.15) is 158 Å². The van der Waals surface area contributed by atoms with Crippen molar-refractivity contribution in [1.82, 2.24) is 5.32 Å². The third-order valence-corrected chi connectivity index (χ3v) is 12.5. The number of unbranched alkanes of at least 4 members (excludes halogenated alkanes) is 12. The fraction of sp³-hybridized carbons (Fsp3) is 0.756. The van der Waals surface area contributed by atoms with Crippen LogP contribution in [0.2, 0.25) is 0 Å². The molecule has 2 unspecified atom stereocenters. The molecule has 5 N–H and O–H groups in total. The zero-order valence-corrected chi connectivity index (χ0v) is 36.4. The number of aliphatic hydroxyl groups is 2. The number of ether oxygens (including phenoxy) is 5. The van der Waals surface area contributed by atoms with Crippen molar-refractivity contribution in [2.45, 2.75) is 205 Å². The van der Waals surface area contributed by atoms with Gasteiger partial charge in [0, 0.05) is 31.4 Å². The van der Waals surface area contributed by atoms with Gasteiger partial charge in [-0.3, -0.25) is 14.4 Å². The lowest BCUT2D eigenvalue weighted by atomic mass is 9.75. The lowest BCUT2D eigenvalue weighted by molar-refractivity contribution is -0.210. The number of hydrogen-bond donors (Lipinski definition) is 4. The second kappa shape index (κ2) is 21.2. The Bertz CT molecular complexity index is 1620. The van der Waals surface area contributed by atoms with Crippen LogP contribution in [0.15, 0.2) is 34.6 Å². The van der Waals surface area contributed by atoms with Crippen LogP contribution < -0.4 is 11.1 Å². The maximum atomic E-state index is 13.5. The molecule has 1 amide bonds. The smallest absolute Gasteiger partial charge is 0.341 e. The maximum absolute atomic E-state index is 13.5. The second-order valence-corrected chi connectivity index (χ2v) is 17.2. The van der Waals surface area contributed by atoms with Crippen LogP contribution in [0.3, 0.4) is 0 Å². The first-order valence-electron chi connectivity index (χ1n) is 22.0. The number of carbonyl (C=O) groups excluding carboxylic acids is 5. The van der Waals surface area contributed by atoms with Crippen LogP contribution in [-0.2, 0) is 47.7 Å². The summed E-state index contributed by atoms with van der Waals surface area (Å²) in [5.41, 5.74) is 0.188. The minimum absolute atomic E-state index is 0.0516. The minimum atomic E-state index is -2.52. The molecule has 0 aromatic carbocycles. The zero-order chi connectivity index (χ0) is 43.5. The normalized spacial score (nSPS) is 30.3. The zero-order valence-electron chi connectivity index (χ0n) is 36.4. The fourth-order valence-electron chi connectivity index (χ4n) is 8.95. The molecule has 4 aliphatic rings. The Labute approximate surface area is 350 Å². The predicted molar refractivity (Wildman–Crippen MR) is 219 cm³/mol. The fourth-order valence-corrected chi connectivity index (χ4v) is 8.95.